The average Bonchev–Trinajstić information content (AvgIpc) is 3.63. The first kappa shape index (κ1) is 31.8. The minimum Gasteiger partial charge on any atom is -0.274 e. The molecule has 4 aliphatic rings. The van der Waals surface area contributed by atoms with Crippen molar-refractivity contribution in [1.82, 2.24) is 0 Å². The predicted octanol–water partition coefficient (Wildman–Crippen LogP) is 8.17. The second-order valence-electron chi connectivity index (χ2n) is 14.2. The highest BCUT2D eigenvalue weighted by Gasteiger charge is 2.57. The Kier molecular flexibility index (Phi) is 7.88. The van der Waals surface area contributed by atoms with Gasteiger partial charge in [-0.25, -0.2) is 9.80 Å². The summed E-state index contributed by atoms with van der Waals surface area (Å²) in [7, 11) is 0. The van der Waals surface area contributed by atoms with Crippen LogP contribution in [0.4, 0.5) is 11.4 Å². The first-order valence-corrected chi connectivity index (χ1v) is 17.9. The number of nitrogens with zero attached hydrogens (tertiary/aromatic N) is 2. The Bertz CT molecular complexity index is 1920. The Balaban J connectivity index is 1.05. The molecule has 0 unspecified atom stereocenters. The van der Waals surface area contributed by atoms with E-state index in [4.69, 9.17) is 0 Å². The van der Waals surface area contributed by atoms with Gasteiger partial charge in [0.25, 0.3) is 0 Å². The molecule has 0 N–H and O–H groups in total. The van der Waals surface area contributed by atoms with Crippen molar-refractivity contribution < 1.29 is 19.2 Å². The number of hydrogen-bond donors (Lipinski definition) is 0. The standard InChI is InChI=1S/C46H36N2O4/c49-43-39-35(29-13-5-1-6-14-29)25-26-36(30-15-7-2-8-16-30)40(39)44(50)47(43)33-21-23-34(24-22-33)48-45(51)41-37(31-17-9-3-10-18-31)27-28-38(42(41)46(48)52)32-19-11-4-12-20-32/h1-28,35-42H/t35-,36+,37-,38+,39-,40-,41+,42-/m1/s1. The zero-order chi connectivity index (χ0) is 35.3. The van der Waals surface area contributed by atoms with Crippen molar-refractivity contribution in [1.29, 1.82) is 0 Å². The molecule has 6 nitrogen and oxygen atoms in total. The van der Waals surface area contributed by atoms with E-state index in [2.05, 4.69) is 24.3 Å². The first-order valence-electron chi connectivity index (χ1n) is 17.9. The van der Waals surface area contributed by atoms with Gasteiger partial charge < -0.3 is 0 Å². The van der Waals surface area contributed by atoms with Gasteiger partial charge in [-0.15, -0.1) is 0 Å². The minimum atomic E-state index is -0.577. The molecule has 2 aliphatic heterocycles. The van der Waals surface area contributed by atoms with Crippen LogP contribution in [0, 0.1) is 23.7 Å². The largest absolute Gasteiger partial charge is 0.274 e. The average molecular weight is 681 g/mol. The van der Waals surface area contributed by atoms with E-state index < -0.39 is 23.7 Å². The minimum absolute atomic E-state index is 0.247. The third-order valence-corrected chi connectivity index (χ3v) is 11.5. The topological polar surface area (TPSA) is 74.8 Å². The van der Waals surface area contributed by atoms with Crippen molar-refractivity contribution in [2.75, 3.05) is 9.80 Å². The maximum Gasteiger partial charge on any atom is 0.238 e. The summed E-state index contributed by atoms with van der Waals surface area (Å²) >= 11 is 0. The van der Waals surface area contributed by atoms with Crippen molar-refractivity contribution in [3.05, 3.63) is 192 Å². The third kappa shape index (κ3) is 5.09. The van der Waals surface area contributed by atoms with Crippen molar-refractivity contribution in [2.45, 2.75) is 23.7 Å². The Morgan fingerprint density at radius 1 is 0.288 bits per heavy atom. The van der Waals surface area contributed by atoms with Crippen molar-refractivity contribution in [2.24, 2.45) is 23.7 Å². The number of fused-ring (bicyclic) bond motifs is 2. The molecular weight excluding hydrogens is 645 g/mol. The highest BCUT2D eigenvalue weighted by atomic mass is 16.2. The molecule has 2 aliphatic carbocycles. The first-order chi connectivity index (χ1) is 25.5. The van der Waals surface area contributed by atoms with Crippen molar-refractivity contribution in [3.8, 4) is 0 Å². The van der Waals surface area contributed by atoms with Crippen LogP contribution in [0.3, 0.4) is 0 Å². The van der Waals surface area contributed by atoms with Crippen LogP contribution >= 0.6 is 0 Å². The lowest BCUT2D eigenvalue weighted by atomic mass is 9.68. The number of benzene rings is 5. The van der Waals surface area contributed by atoms with Gasteiger partial charge >= 0.3 is 0 Å². The summed E-state index contributed by atoms with van der Waals surface area (Å²) in [5.41, 5.74) is 4.81. The monoisotopic (exact) mass is 680 g/mol. The fourth-order valence-electron chi connectivity index (χ4n) is 9.13. The molecule has 2 fully saturated rings. The summed E-state index contributed by atoms with van der Waals surface area (Å²) in [4.78, 5) is 60.3. The molecule has 5 aromatic carbocycles. The van der Waals surface area contributed by atoms with E-state index in [0.717, 1.165) is 22.3 Å². The highest BCUT2D eigenvalue weighted by Crippen LogP contribution is 2.52. The molecule has 4 amide bonds. The Morgan fingerprint density at radius 3 is 0.712 bits per heavy atom. The molecule has 8 atom stereocenters. The third-order valence-electron chi connectivity index (χ3n) is 11.5. The summed E-state index contributed by atoms with van der Waals surface area (Å²) in [6.07, 6.45) is 8.32. The summed E-state index contributed by atoms with van der Waals surface area (Å²) in [6.45, 7) is 0. The lowest BCUT2D eigenvalue weighted by Crippen LogP contribution is -2.33. The molecule has 0 bridgehead atoms. The molecule has 2 heterocycles. The lowest BCUT2D eigenvalue weighted by molar-refractivity contribution is -0.124. The maximum absolute atomic E-state index is 14.4. The van der Waals surface area contributed by atoms with E-state index in [0.29, 0.717) is 11.4 Å². The van der Waals surface area contributed by atoms with E-state index in [1.807, 2.05) is 121 Å². The SMILES string of the molecule is O=C1[C@@H]2[C@H](C(=O)N1c1ccc(N3C(=O)[C@H]4[C@H](C3=O)[C@H](c3ccccc3)C=C[C@@H]4c3ccccc3)cc1)[C@H](c1ccccc1)C=C[C@@H]2c1ccccc1. The molecule has 0 aromatic heterocycles. The van der Waals surface area contributed by atoms with Gasteiger partial charge in [0.1, 0.15) is 0 Å². The molecule has 6 heteroatoms. The van der Waals surface area contributed by atoms with Gasteiger partial charge in [0.05, 0.1) is 35.0 Å². The number of imide groups is 2. The molecule has 9 rings (SSSR count). The number of carbonyl (C=O) groups excluding carboxylic acids is 4. The quantitative estimate of drug-likeness (QED) is 0.134. The Morgan fingerprint density at radius 2 is 0.500 bits per heavy atom. The number of amides is 4. The predicted molar refractivity (Wildman–Crippen MR) is 200 cm³/mol. The van der Waals surface area contributed by atoms with E-state index >= 15 is 0 Å². The lowest BCUT2D eigenvalue weighted by Gasteiger charge is -2.32. The fraction of sp³-hybridized carbons (Fsp3) is 0.174. The van der Waals surface area contributed by atoms with Crippen molar-refractivity contribution >= 4 is 35.0 Å². The molecule has 0 saturated carbocycles. The van der Waals surface area contributed by atoms with Gasteiger partial charge in [-0.3, -0.25) is 19.2 Å². The van der Waals surface area contributed by atoms with Gasteiger partial charge in [-0.05, 0) is 46.5 Å². The maximum atomic E-state index is 14.4. The highest BCUT2D eigenvalue weighted by molar-refractivity contribution is 6.24. The molecule has 254 valence electrons. The second kappa shape index (κ2) is 12.9. The number of rotatable bonds is 6. The van der Waals surface area contributed by atoms with E-state index in [1.165, 1.54) is 9.80 Å². The van der Waals surface area contributed by atoms with Crippen LogP contribution in [-0.4, -0.2) is 23.6 Å². The zero-order valence-corrected chi connectivity index (χ0v) is 28.3. The van der Waals surface area contributed by atoms with Crippen LogP contribution < -0.4 is 9.80 Å². The number of carbonyl (C=O) groups is 4. The van der Waals surface area contributed by atoms with Gasteiger partial charge in [0.15, 0.2) is 0 Å². The normalized spacial score (nSPS) is 27.9. The summed E-state index contributed by atoms with van der Waals surface area (Å²) in [6, 6.07) is 46.2. The summed E-state index contributed by atoms with van der Waals surface area (Å²) in [5, 5.41) is 0. The van der Waals surface area contributed by atoms with Crippen molar-refractivity contribution in [3.63, 3.8) is 0 Å². The van der Waals surface area contributed by atoms with Gasteiger partial charge in [-0.2, -0.15) is 0 Å². The van der Waals surface area contributed by atoms with Gasteiger partial charge in [-0.1, -0.05) is 146 Å². The fourth-order valence-corrected chi connectivity index (χ4v) is 9.13. The number of allylic oxidation sites excluding steroid dienone is 4. The molecule has 52 heavy (non-hydrogen) atoms. The van der Waals surface area contributed by atoms with E-state index in [1.54, 1.807) is 24.3 Å². The van der Waals surface area contributed by atoms with Crippen LogP contribution in [0.1, 0.15) is 45.9 Å². The van der Waals surface area contributed by atoms with Crippen LogP contribution in [0.5, 0.6) is 0 Å². The summed E-state index contributed by atoms with van der Waals surface area (Å²) in [5.74, 6) is -4.30. The van der Waals surface area contributed by atoms with Gasteiger partial charge in [0, 0.05) is 23.7 Å². The van der Waals surface area contributed by atoms with Crippen LogP contribution in [0.2, 0.25) is 0 Å². The molecule has 0 radical (unpaired) electrons. The van der Waals surface area contributed by atoms with E-state index in [9.17, 15) is 19.2 Å². The zero-order valence-electron chi connectivity index (χ0n) is 28.3. The van der Waals surface area contributed by atoms with Crippen LogP contribution in [0.25, 0.3) is 0 Å². The molecule has 0 spiro atoms. The van der Waals surface area contributed by atoms with Crippen LogP contribution in [0.15, 0.2) is 170 Å². The number of anilines is 2. The summed E-state index contributed by atoms with van der Waals surface area (Å²) < 4.78 is 0. The molecule has 2 saturated heterocycles. The number of hydrogen-bond acceptors (Lipinski definition) is 4. The van der Waals surface area contributed by atoms with Crippen LogP contribution in [-0.2, 0) is 19.2 Å². The Labute approximate surface area is 302 Å². The Hall–Kier alpha value is -6.14. The van der Waals surface area contributed by atoms with E-state index in [-0.39, 0.29) is 47.3 Å². The van der Waals surface area contributed by atoms with Gasteiger partial charge in [0.2, 0.25) is 23.6 Å². The smallest absolute Gasteiger partial charge is 0.238 e. The molecule has 5 aromatic rings. The molecular formula is C46H36N2O4. The second-order valence-corrected chi connectivity index (χ2v) is 14.2.